The van der Waals surface area contributed by atoms with Gasteiger partial charge in [-0.05, 0) is 70.4 Å². The number of carbonyl (C=O) groups excluding carboxylic acids is 2. The van der Waals surface area contributed by atoms with Gasteiger partial charge < -0.3 is 10.2 Å². The molecule has 1 N–H and O–H groups in total. The predicted octanol–water partition coefficient (Wildman–Crippen LogP) is 4.40. The van der Waals surface area contributed by atoms with Crippen LogP contribution in [0.15, 0.2) is 48.5 Å². The minimum absolute atomic E-state index is 0.0539. The molecule has 0 spiro atoms. The van der Waals surface area contributed by atoms with E-state index in [4.69, 9.17) is 0 Å². The number of carbonyl (C=O) groups is 2. The van der Waals surface area contributed by atoms with E-state index in [2.05, 4.69) is 5.32 Å². The molecule has 7 nitrogen and oxygen atoms in total. The van der Waals surface area contributed by atoms with Crippen LogP contribution in [0, 0.1) is 12.7 Å². The Morgan fingerprint density at radius 3 is 2.11 bits per heavy atom. The van der Waals surface area contributed by atoms with E-state index in [1.165, 1.54) is 24.3 Å². The third kappa shape index (κ3) is 8.93. The number of hydrogen-bond acceptors (Lipinski definition) is 4. The van der Waals surface area contributed by atoms with Crippen LogP contribution in [0.5, 0.6) is 0 Å². The number of nitrogens with zero attached hydrogens (tertiary/aromatic N) is 2. The lowest BCUT2D eigenvalue weighted by Gasteiger charge is -2.33. The highest BCUT2D eigenvalue weighted by molar-refractivity contribution is 7.92. The van der Waals surface area contributed by atoms with Crippen molar-refractivity contribution in [2.75, 3.05) is 17.1 Å². The molecule has 0 fully saturated rings. The van der Waals surface area contributed by atoms with Crippen molar-refractivity contribution in [2.45, 2.75) is 72.0 Å². The number of amides is 2. The Kier molecular flexibility index (Phi) is 10.0. The lowest BCUT2D eigenvalue weighted by atomic mass is 10.0. The SMILES string of the molecule is CCC(C(=O)NC(C)(C)C)N(Cc1ccc(C)cc1)C(=O)CCCN(c1ccc(F)cc1)S(C)(=O)=O. The third-order valence-corrected chi connectivity index (χ3v) is 6.82. The van der Waals surface area contributed by atoms with Crippen LogP contribution in [0.25, 0.3) is 0 Å². The summed E-state index contributed by atoms with van der Waals surface area (Å²) >= 11 is 0. The average Bonchev–Trinajstić information content (AvgIpc) is 2.76. The summed E-state index contributed by atoms with van der Waals surface area (Å²) in [5.74, 6) is -0.929. The van der Waals surface area contributed by atoms with Gasteiger partial charge in [-0.1, -0.05) is 36.8 Å². The second-order valence-corrected chi connectivity index (χ2v) is 12.0. The van der Waals surface area contributed by atoms with Gasteiger partial charge >= 0.3 is 0 Å². The molecule has 1 atom stereocenters. The van der Waals surface area contributed by atoms with E-state index >= 15 is 0 Å². The smallest absolute Gasteiger partial charge is 0.243 e. The summed E-state index contributed by atoms with van der Waals surface area (Å²) in [6.07, 6.45) is 1.81. The van der Waals surface area contributed by atoms with E-state index in [1.807, 2.05) is 58.9 Å². The van der Waals surface area contributed by atoms with E-state index in [0.717, 1.165) is 21.7 Å². The zero-order valence-corrected chi connectivity index (χ0v) is 22.9. The number of aryl methyl sites for hydroxylation is 1. The van der Waals surface area contributed by atoms with Crippen molar-refractivity contribution in [3.8, 4) is 0 Å². The Morgan fingerprint density at radius 2 is 1.61 bits per heavy atom. The molecule has 0 bridgehead atoms. The fourth-order valence-electron chi connectivity index (χ4n) is 3.87. The zero-order chi connectivity index (χ0) is 27.1. The molecular weight excluding hydrogens is 481 g/mol. The van der Waals surface area contributed by atoms with Gasteiger partial charge in [-0.3, -0.25) is 13.9 Å². The van der Waals surface area contributed by atoms with Crippen LogP contribution in [-0.4, -0.2) is 49.5 Å². The van der Waals surface area contributed by atoms with Gasteiger partial charge in [0.2, 0.25) is 21.8 Å². The molecule has 198 valence electrons. The lowest BCUT2D eigenvalue weighted by Crippen LogP contribution is -2.53. The van der Waals surface area contributed by atoms with E-state index in [9.17, 15) is 22.4 Å². The molecule has 2 aromatic rings. The largest absolute Gasteiger partial charge is 0.350 e. The highest BCUT2D eigenvalue weighted by Crippen LogP contribution is 2.20. The first-order valence-corrected chi connectivity index (χ1v) is 14.0. The van der Waals surface area contributed by atoms with Crippen LogP contribution in [0.3, 0.4) is 0 Å². The maximum Gasteiger partial charge on any atom is 0.243 e. The van der Waals surface area contributed by atoms with Crippen LogP contribution in [0.2, 0.25) is 0 Å². The van der Waals surface area contributed by atoms with Gasteiger partial charge in [0.25, 0.3) is 0 Å². The van der Waals surface area contributed by atoms with Crippen molar-refractivity contribution in [3.63, 3.8) is 0 Å². The first-order valence-electron chi connectivity index (χ1n) is 12.1. The molecule has 9 heteroatoms. The van der Waals surface area contributed by atoms with E-state index < -0.39 is 27.4 Å². The number of sulfonamides is 1. The first kappa shape index (κ1) is 29.3. The van der Waals surface area contributed by atoms with E-state index in [-0.39, 0.29) is 37.7 Å². The van der Waals surface area contributed by atoms with Gasteiger partial charge in [0.1, 0.15) is 11.9 Å². The normalized spacial score (nSPS) is 12.6. The number of rotatable bonds is 11. The zero-order valence-electron chi connectivity index (χ0n) is 22.0. The molecule has 1 unspecified atom stereocenters. The van der Waals surface area contributed by atoms with Crippen LogP contribution in [0.1, 0.15) is 58.1 Å². The molecule has 0 aliphatic heterocycles. The number of nitrogens with one attached hydrogen (secondary N) is 1. The maximum atomic E-state index is 13.4. The number of halogens is 1. The Morgan fingerprint density at radius 1 is 1.03 bits per heavy atom. The fourth-order valence-corrected chi connectivity index (χ4v) is 4.84. The summed E-state index contributed by atoms with van der Waals surface area (Å²) in [5, 5.41) is 2.97. The van der Waals surface area contributed by atoms with Gasteiger partial charge in [0.15, 0.2) is 0 Å². The molecule has 0 heterocycles. The summed E-state index contributed by atoms with van der Waals surface area (Å²) in [4.78, 5) is 28.1. The minimum Gasteiger partial charge on any atom is -0.350 e. The topological polar surface area (TPSA) is 86.8 Å². The second-order valence-electron chi connectivity index (χ2n) is 10.1. The first-order chi connectivity index (χ1) is 16.7. The van der Waals surface area contributed by atoms with Gasteiger partial charge in [-0.2, -0.15) is 0 Å². The predicted molar refractivity (Wildman–Crippen MR) is 142 cm³/mol. The van der Waals surface area contributed by atoms with Gasteiger partial charge in [0, 0.05) is 25.0 Å². The van der Waals surface area contributed by atoms with Crippen LogP contribution >= 0.6 is 0 Å². The summed E-state index contributed by atoms with van der Waals surface area (Å²) in [7, 11) is -3.63. The van der Waals surface area contributed by atoms with Crippen LogP contribution < -0.4 is 9.62 Å². The van der Waals surface area contributed by atoms with Crippen LogP contribution in [0.4, 0.5) is 10.1 Å². The van der Waals surface area contributed by atoms with Crippen molar-refractivity contribution >= 4 is 27.5 Å². The Labute approximate surface area is 214 Å². The van der Waals surface area contributed by atoms with Gasteiger partial charge in [-0.25, -0.2) is 12.8 Å². The monoisotopic (exact) mass is 519 g/mol. The van der Waals surface area contributed by atoms with Crippen LogP contribution in [-0.2, 0) is 26.2 Å². The average molecular weight is 520 g/mol. The number of hydrogen-bond donors (Lipinski definition) is 1. The summed E-state index contributed by atoms with van der Waals surface area (Å²) in [6, 6.07) is 12.3. The van der Waals surface area contributed by atoms with Crippen molar-refractivity contribution < 1.29 is 22.4 Å². The fraction of sp³-hybridized carbons (Fsp3) is 0.481. The molecule has 2 amide bonds. The summed E-state index contributed by atoms with van der Waals surface area (Å²) in [6.45, 7) is 9.83. The number of benzene rings is 2. The highest BCUT2D eigenvalue weighted by Gasteiger charge is 2.30. The Hall–Kier alpha value is -2.94. The molecule has 2 rings (SSSR count). The maximum absolute atomic E-state index is 13.4. The molecule has 2 aromatic carbocycles. The minimum atomic E-state index is -3.63. The third-order valence-electron chi connectivity index (χ3n) is 5.62. The molecule has 0 aromatic heterocycles. The number of anilines is 1. The molecule has 0 aliphatic rings. The molecule has 0 radical (unpaired) electrons. The van der Waals surface area contributed by atoms with Crippen molar-refractivity contribution in [1.82, 2.24) is 10.2 Å². The summed E-state index contributed by atoms with van der Waals surface area (Å²) < 4.78 is 39.2. The molecule has 0 saturated heterocycles. The molecular formula is C27H38FN3O4S. The standard InChI is InChI=1S/C27H38FN3O4S/c1-7-24(26(33)29-27(3,4)5)30(19-21-12-10-20(2)11-13-21)25(32)9-8-18-31(36(6,34)35)23-16-14-22(28)15-17-23/h10-17,24H,7-9,18-19H2,1-6H3,(H,29,33). The second kappa shape index (κ2) is 12.3. The van der Waals surface area contributed by atoms with E-state index in [0.29, 0.717) is 12.1 Å². The quantitative estimate of drug-likeness (QED) is 0.477. The molecule has 0 aliphatic carbocycles. The van der Waals surface area contributed by atoms with Gasteiger partial charge in [-0.15, -0.1) is 0 Å². The van der Waals surface area contributed by atoms with Crippen molar-refractivity contribution in [3.05, 3.63) is 65.5 Å². The molecule has 0 saturated carbocycles. The highest BCUT2D eigenvalue weighted by atomic mass is 32.2. The Bertz CT molecular complexity index is 1130. The lowest BCUT2D eigenvalue weighted by molar-refractivity contribution is -0.142. The summed E-state index contributed by atoms with van der Waals surface area (Å²) in [5.41, 5.74) is 1.88. The Balaban J connectivity index is 2.22. The van der Waals surface area contributed by atoms with Crippen molar-refractivity contribution in [1.29, 1.82) is 0 Å². The van der Waals surface area contributed by atoms with Crippen molar-refractivity contribution in [2.24, 2.45) is 0 Å². The van der Waals surface area contributed by atoms with Gasteiger partial charge in [0.05, 0.1) is 11.9 Å². The molecule has 36 heavy (non-hydrogen) atoms. The van der Waals surface area contributed by atoms with E-state index in [1.54, 1.807) is 4.90 Å².